The number of carbonyl (C=O) groups is 2. The van der Waals surface area contributed by atoms with E-state index in [9.17, 15) is 9.59 Å². The van der Waals surface area contributed by atoms with Crippen LogP contribution < -0.4 is 5.32 Å². The third-order valence-electron chi connectivity index (χ3n) is 2.14. The summed E-state index contributed by atoms with van der Waals surface area (Å²) in [5, 5.41) is 19.2. The van der Waals surface area contributed by atoms with Crippen molar-refractivity contribution in [2.45, 2.75) is 6.92 Å². The molecule has 0 aliphatic carbocycles. The fraction of sp³-hybridized carbons (Fsp3) is 0.500. The standard InChI is InChI=1S/C8H7N3O2/c1-4-5(2-9)7(12)11-8(13)6(4)3-10/h4-6H,1H3,(H,11,12,13)/t4?,5-,6+. The Bertz CT molecular complexity index is 304. The molecule has 0 radical (unpaired) electrons. The van der Waals surface area contributed by atoms with Gasteiger partial charge in [-0.05, 0) is 0 Å². The van der Waals surface area contributed by atoms with Gasteiger partial charge in [-0.2, -0.15) is 10.5 Å². The minimum Gasteiger partial charge on any atom is -0.294 e. The molecule has 1 fully saturated rings. The van der Waals surface area contributed by atoms with Crippen molar-refractivity contribution in [1.29, 1.82) is 10.5 Å². The summed E-state index contributed by atoms with van der Waals surface area (Å²) in [6, 6.07) is 3.55. The van der Waals surface area contributed by atoms with Crippen LogP contribution in [-0.4, -0.2) is 11.8 Å². The first-order valence-electron chi connectivity index (χ1n) is 3.75. The molecule has 1 rings (SSSR count). The van der Waals surface area contributed by atoms with E-state index in [4.69, 9.17) is 10.5 Å². The Morgan fingerprint density at radius 1 is 1.15 bits per heavy atom. The lowest BCUT2D eigenvalue weighted by Crippen LogP contribution is -2.50. The van der Waals surface area contributed by atoms with Gasteiger partial charge in [0.1, 0.15) is 11.8 Å². The zero-order valence-electron chi connectivity index (χ0n) is 6.94. The number of rotatable bonds is 0. The molecular weight excluding hydrogens is 170 g/mol. The number of nitrogens with one attached hydrogen (secondary N) is 1. The van der Waals surface area contributed by atoms with Gasteiger partial charge >= 0.3 is 0 Å². The van der Waals surface area contributed by atoms with Crippen molar-refractivity contribution in [3.63, 3.8) is 0 Å². The van der Waals surface area contributed by atoms with E-state index in [-0.39, 0.29) is 0 Å². The Morgan fingerprint density at radius 2 is 1.54 bits per heavy atom. The highest BCUT2D eigenvalue weighted by Gasteiger charge is 2.41. The Kier molecular flexibility index (Phi) is 2.29. The van der Waals surface area contributed by atoms with Crippen molar-refractivity contribution in [1.82, 2.24) is 5.32 Å². The molecule has 0 saturated carbocycles. The predicted molar refractivity (Wildman–Crippen MR) is 40.5 cm³/mol. The second-order valence-corrected chi connectivity index (χ2v) is 2.93. The average Bonchev–Trinajstić information content (AvgIpc) is 2.04. The normalized spacial score (nSPS) is 33.0. The van der Waals surface area contributed by atoms with Crippen molar-refractivity contribution >= 4 is 11.8 Å². The van der Waals surface area contributed by atoms with Gasteiger partial charge in [0.2, 0.25) is 11.8 Å². The summed E-state index contributed by atoms with van der Waals surface area (Å²) in [5.74, 6) is -3.54. The largest absolute Gasteiger partial charge is 0.294 e. The zero-order chi connectivity index (χ0) is 10.0. The molecule has 1 aliphatic heterocycles. The van der Waals surface area contributed by atoms with Crippen molar-refractivity contribution in [3.8, 4) is 12.1 Å². The summed E-state index contributed by atoms with van der Waals surface area (Å²) < 4.78 is 0. The molecular formula is C8H7N3O2. The molecule has 1 saturated heterocycles. The predicted octanol–water partition coefficient (Wildman–Crippen LogP) is -0.442. The van der Waals surface area contributed by atoms with Gasteiger partial charge in [-0.25, -0.2) is 0 Å². The third kappa shape index (κ3) is 1.36. The minimum absolute atomic E-state index is 0.531. The SMILES string of the molecule is CC1[C@H](C#N)C(=O)NC(=O)[C@@H]1C#N. The molecule has 0 spiro atoms. The molecule has 0 bridgehead atoms. The van der Waals surface area contributed by atoms with Crippen molar-refractivity contribution in [2.24, 2.45) is 17.8 Å². The van der Waals surface area contributed by atoms with Crippen LogP contribution in [0.4, 0.5) is 0 Å². The Balaban J connectivity index is 2.97. The number of amides is 2. The Labute approximate surface area is 74.9 Å². The van der Waals surface area contributed by atoms with Crippen LogP contribution >= 0.6 is 0 Å². The molecule has 1 unspecified atom stereocenters. The molecule has 5 heteroatoms. The van der Waals surface area contributed by atoms with Crippen molar-refractivity contribution in [3.05, 3.63) is 0 Å². The molecule has 2 amide bonds. The van der Waals surface area contributed by atoms with E-state index >= 15 is 0 Å². The van der Waals surface area contributed by atoms with Crippen LogP contribution in [0.25, 0.3) is 0 Å². The Hall–Kier alpha value is -1.88. The Morgan fingerprint density at radius 3 is 1.85 bits per heavy atom. The molecule has 3 atom stereocenters. The lowest BCUT2D eigenvalue weighted by atomic mass is 9.80. The number of hydrogen-bond acceptors (Lipinski definition) is 4. The molecule has 5 nitrogen and oxygen atoms in total. The summed E-state index contributed by atoms with van der Waals surface area (Å²) in [5.41, 5.74) is 0. The zero-order valence-corrected chi connectivity index (χ0v) is 6.94. The molecule has 1 heterocycles. The van der Waals surface area contributed by atoms with E-state index in [0.29, 0.717) is 0 Å². The highest BCUT2D eigenvalue weighted by Crippen LogP contribution is 2.24. The maximum absolute atomic E-state index is 11.0. The second kappa shape index (κ2) is 3.24. The first-order chi connectivity index (χ1) is 6.11. The average molecular weight is 177 g/mol. The van der Waals surface area contributed by atoms with Crippen LogP contribution in [0.2, 0.25) is 0 Å². The van der Waals surface area contributed by atoms with E-state index in [1.165, 1.54) is 0 Å². The number of nitrogens with zero attached hydrogens (tertiary/aromatic N) is 2. The number of imide groups is 1. The van der Waals surface area contributed by atoms with Crippen LogP contribution in [0.5, 0.6) is 0 Å². The first-order valence-corrected chi connectivity index (χ1v) is 3.75. The summed E-state index contributed by atoms with van der Waals surface area (Å²) in [6.07, 6.45) is 0. The van der Waals surface area contributed by atoms with E-state index in [1.807, 2.05) is 5.32 Å². The summed E-state index contributed by atoms with van der Waals surface area (Å²) in [7, 11) is 0. The summed E-state index contributed by atoms with van der Waals surface area (Å²) >= 11 is 0. The maximum atomic E-state index is 11.0. The second-order valence-electron chi connectivity index (χ2n) is 2.93. The van der Waals surface area contributed by atoms with Gasteiger partial charge in [-0.15, -0.1) is 0 Å². The number of carbonyl (C=O) groups excluding carboxylic acids is 2. The smallest absolute Gasteiger partial charge is 0.244 e. The molecule has 1 aliphatic rings. The molecule has 0 aromatic rings. The van der Waals surface area contributed by atoms with E-state index in [0.717, 1.165) is 0 Å². The first kappa shape index (κ1) is 9.21. The quantitative estimate of drug-likeness (QED) is 0.507. The van der Waals surface area contributed by atoms with Gasteiger partial charge in [0.25, 0.3) is 0 Å². The highest BCUT2D eigenvalue weighted by molar-refractivity contribution is 6.02. The topological polar surface area (TPSA) is 93.8 Å². The van der Waals surface area contributed by atoms with E-state index in [1.54, 1.807) is 19.1 Å². The maximum Gasteiger partial charge on any atom is 0.244 e. The van der Waals surface area contributed by atoms with Crippen LogP contribution in [0.3, 0.4) is 0 Å². The molecule has 1 N–H and O–H groups in total. The third-order valence-corrected chi connectivity index (χ3v) is 2.14. The molecule has 66 valence electrons. The van der Waals surface area contributed by atoms with Crippen LogP contribution in [0.1, 0.15) is 6.92 Å². The van der Waals surface area contributed by atoms with Gasteiger partial charge < -0.3 is 0 Å². The van der Waals surface area contributed by atoms with Crippen LogP contribution in [0.15, 0.2) is 0 Å². The van der Waals surface area contributed by atoms with Gasteiger partial charge in [-0.3, -0.25) is 14.9 Å². The summed E-state index contributed by atoms with van der Waals surface area (Å²) in [6.45, 7) is 1.55. The lowest BCUT2D eigenvalue weighted by Gasteiger charge is -2.25. The fourth-order valence-corrected chi connectivity index (χ4v) is 1.30. The van der Waals surface area contributed by atoms with Crippen LogP contribution in [-0.2, 0) is 9.59 Å². The fourth-order valence-electron chi connectivity index (χ4n) is 1.30. The number of nitriles is 2. The number of piperidine rings is 1. The van der Waals surface area contributed by atoms with E-state index < -0.39 is 29.6 Å². The van der Waals surface area contributed by atoms with Crippen LogP contribution in [0, 0.1) is 40.4 Å². The highest BCUT2D eigenvalue weighted by atomic mass is 16.2. The van der Waals surface area contributed by atoms with Gasteiger partial charge in [0.05, 0.1) is 12.1 Å². The lowest BCUT2D eigenvalue weighted by molar-refractivity contribution is -0.139. The number of hydrogen-bond donors (Lipinski definition) is 1. The minimum atomic E-state index is -0.901. The molecule has 0 aromatic carbocycles. The van der Waals surface area contributed by atoms with Gasteiger partial charge in [-0.1, -0.05) is 6.92 Å². The van der Waals surface area contributed by atoms with Gasteiger partial charge in [0, 0.05) is 5.92 Å². The van der Waals surface area contributed by atoms with E-state index in [2.05, 4.69) is 0 Å². The monoisotopic (exact) mass is 177 g/mol. The van der Waals surface area contributed by atoms with Crippen molar-refractivity contribution in [2.75, 3.05) is 0 Å². The van der Waals surface area contributed by atoms with Crippen molar-refractivity contribution < 1.29 is 9.59 Å². The molecule has 0 aromatic heterocycles. The van der Waals surface area contributed by atoms with Gasteiger partial charge in [0.15, 0.2) is 0 Å². The molecule has 13 heavy (non-hydrogen) atoms. The summed E-state index contributed by atoms with van der Waals surface area (Å²) in [4.78, 5) is 22.1.